The first-order chi connectivity index (χ1) is 7.50. The van der Waals surface area contributed by atoms with Gasteiger partial charge in [-0.15, -0.1) is 0 Å². The van der Waals surface area contributed by atoms with Gasteiger partial charge in [0.2, 0.25) is 0 Å². The number of halogens is 1. The lowest BCUT2D eigenvalue weighted by Crippen LogP contribution is -2.27. The van der Waals surface area contributed by atoms with E-state index < -0.39 is 0 Å². The second-order valence-electron chi connectivity index (χ2n) is 6.42. The van der Waals surface area contributed by atoms with Crippen molar-refractivity contribution in [3.63, 3.8) is 0 Å². The maximum Gasteiger partial charge on any atom is 0.0174 e. The zero-order valence-corrected chi connectivity index (χ0v) is 13.1. The Morgan fingerprint density at radius 3 is 2.38 bits per heavy atom. The molecule has 3 unspecified atom stereocenters. The van der Waals surface area contributed by atoms with Crippen molar-refractivity contribution >= 4 is 15.9 Å². The van der Waals surface area contributed by atoms with Crippen molar-refractivity contribution < 1.29 is 0 Å². The predicted octanol–water partition coefficient (Wildman–Crippen LogP) is 5.65. The molecule has 0 nitrogen and oxygen atoms in total. The van der Waals surface area contributed by atoms with Crippen molar-refractivity contribution in [2.75, 3.05) is 0 Å². The lowest BCUT2D eigenvalue weighted by Gasteiger charge is -2.35. The topological polar surface area (TPSA) is 0 Å². The molecule has 0 saturated heterocycles. The number of alkyl halides is 1. The molecule has 0 aromatic carbocycles. The lowest BCUT2D eigenvalue weighted by atomic mass is 9.74. The van der Waals surface area contributed by atoms with Gasteiger partial charge in [0.15, 0.2) is 0 Å². The highest BCUT2D eigenvalue weighted by Gasteiger charge is 2.29. The summed E-state index contributed by atoms with van der Waals surface area (Å²) >= 11 is 3.90. The third-order valence-corrected chi connectivity index (χ3v) is 5.43. The molecule has 0 aliphatic heterocycles. The van der Waals surface area contributed by atoms with Gasteiger partial charge in [-0.1, -0.05) is 56.5 Å². The average molecular weight is 289 g/mol. The van der Waals surface area contributed by atoms with Gasteiger partial charge in [0.25, 0.3) is 0 Å². The van der Waals surface area contributed by atoms with E-state index in [9.17, 15) is 0 Å². The minimum absolute atomic E-state index is 0.801. The highest BCUT2D eigenvalue weighted by molar-refractivity contribution is 9.09. The van der Waals surface area contributed by atoms with Gasteiger partial charge in [-0.05, 0) is 49.4 Å². The van der Waals surface area contributed by atoms with E-state index in [1.807, 2.05) is 0 Å². The van der Waals surface area contributed by atoms with Gasteiger partial charge < -0.3 is 0 Å². The predicted molar refractivity (Wildman–Crippen MR) is 77.1 cm³/mol. The molecule has 16 heavy (non-hydrogen) atoms. The van der Waals surface area contributed by atoms with Crippen molar-refractivity contribution in [3.8, 4) is 0 Å². The molecule has 0 bridgehead atoms. The van der Waals surface area contributed by atoms with Crippen LogP contribution in [-0.2, 0) is 0 Å². The van der Waals surface area contributed by atoms with Crippen LogP contribution < -0.4 is 0 Å². The molecule has 3 atom stereocenters. The lowest BCUT2D eigenvalue weighted by molar-refractivity contribution is 0.211. The molecule has 0 heterocycles. The average Bonchev–Trinajstić information content (AvgIpc) is 2.20. The molecule has 1 heteroatoms. The monoisotopic (exact) mass is 288 g/mol. The molecule has 1 saturated carbocycles. The molecule has 96 valence electrons. The molecule has 0 aromatic rings. The van der Waals surface area contributed by atoms with Crippen molar-refractivity contribution in [2.24, 2.45) is 23.7 Å². The smallest absolute Gasteiger partial charge is 0.0174 e. The number of hydrogen-bond acceptors (Lipinski definition) is 0. The second kappa shape index (κ2) is 7.03. The highest BCUT2D eigenvalue weighted by atomic mass is 79.9. The van der Waals surface area contributed by atoms with Gasteiger partial charge in [-0.3, -0.25) is 0 Å². The second-order valence-corrected chi connectivity index (χ2v) is 7.59. The zero-order valence-electron chi connectivity index (χ0n) is 11.5. The standard InChI is InChI=1S/C15H29Br/c1-11(2)6-5-7-14-10-13(12(3)4)8-9-15(14)16/h11-15H,5-10H2,1-4H3. The highest BCUT2D eigenvalue weighted by Crippen LogP contribution is 2.39. The summed E-state index contributed by atoms with van der Waals surface area (Å²) in [7, 11) is 0. The summed E-state index contributed by atoms with van der Waals surface area (Å²) in [6.45, 7) is 9.46. The Balaban J connectivity index is 2.32. The Morgan fingerprint density at radius 1 is 1.12 bits per heavy atom. The van der Waals surface area contributed by atoms with Crippen LogP contribution in [-0.4, -0.2) is 4.83 Å². The Hall–Kier alpha value is 0.480. The van der Waals surface area contributed by atoms with Crippen LogP contribution >= 0.6 is 15.9 Å². The van der Waals surface area contributed by atoms with Gasteiger partial charge in [0.05, 0.1) is 0 Å². The molecule has 0 aromatic heterocycles. The van der Waals surface area contributed by atoms with Gasteiger partial charge in [-0.2, -0.15) is 0 Å². The third kappa shape index (κ3) is 4.77. The summed E-state index contributed by atoms with van der Waals surface area (Å²) < 4.78 is 0. The molecule has 1 rings (SSSR count). The number of rotatable bonds is 5. The fourth-order valence-electron chi connectivity index (χ4n) is 2.96. The van der Waals surface area contributed by atoms with Crippen LogP contribution in [0, 0.1) is 23.7 Å². The number of hydrogen-bond donors (Lipinski definition) is 0. The molecule has 0 radical (unpaired) electrons. The van der Waals surface area contributed by atoms with Gasteiger partial charge in [0, 0.05) is 4.83 Å². The van der Waals surface area contributed by atoms with Gasteiger partial charge >= 0.3 is 0 Å². The molecule has 1 aliphatic carbocycles. The zero-order chi connectivity index (χ0) is 12.1. The molecule has 1 fully saturated rings. The molecule has 0 spiro atoms. The Labute approximate surface area is 111 Å². The normalized spacial score (nSPS) is 31.3. The van der Waals surface area contributed by atoms with Crippen LogP contribution in [0.25, 0.3) is 0 Å². The summed E-state index contributed by atoms with van der Waals surface area (Å²) in [6, 6.07) is 0. The van der Waals surface area contributed by atoms with Crippen LogP contribution in [0.15, 0.2) is 0 Å². The largest absolute Gasteiger partial charge is 0.0888 e. The van der Waals surface area contributed by atoms with Crippen molar-refractivity contribution in [1.29, 1.82) is 0 Å². The minimum atomic E-state index is 0.801. The van der Waals surface area contributed by atoms with E-state index in [-0.39, 0.29) is 0 Å². The fraction of sp³-hybridized carbons (Fsp3) is 1.00. The van der Waals surface area contributed by atoms with E-state index >= 15 is 0 Å². The van der Waals surface area contributed by atoms with Crippen LogP contribution in [0.1, 0.15) is 66.2 Å². The van der Waals surface area contributed by atoms with E-state index in [2.05, 4.69) is 43.6 Å². The molecular weight excluding hydrogens is 260 g/mol. The molecular formula is C15H29Br. The fourth-order valence-corrected chi connectivity index (χ4v) is 3.70. The van der Waals surface area contributed by atoms with E-state index in [0.29, 0.717) is 0 Å². The molecule has 0 amide bonds. The third-order valence-electron chi connectivity index (χ3n) is 4.23. The Kier molecular flexibility index (Phi) is 6.39. The summed E-state index contributed by atoms with van der Waals surface area (Å²) in [5, 5.41) is 0. The summed E-state index contributed by atoms with van der Waals surface area (Å²) in [4.78, 5) is 0.801. The molecule has 1 aliphatic rings. The SMILES string of the molecule is CC(C)CCCC1CC(C(C)C)CCC1Br. The molecule has 0 N–H and O–H groups in total. The van der Waals surface area contributed by atoms with Gasteiger partial charge in [-0.25, -0.2) is 0 Å². The summed E-state index contributed by atoms with van der Waals surface area (Å²) in [5.41, 5.74) is 0. The first-order valence-electron chi connectivity index (χ1n) is 7.14. The first kappa shape index (κ1) is 14.5. The summed E-state index contributed by atoms with van der Waals surface area (Å²) in [6.07, 6.45) is 8.57. The minimum Gasteiger partial charge on any atom is -0.0888 e. The Morgan fingerprint density at radius 2 is 1.81 bits per heavy atom. The maximum absolute atomic E-state index is 3.90. The van der Waals surface area contributed by atoms with Crippen molar-refractivity contribution in [3.05, 3.63) is 0 Å². The van der Waals surface area contributed by atoms with E-state index in [4.69, 9.17) is 0 Å². The van der Waals surface area contributed by atoms with Crippen molar-refractivity contribution in [1.82, 2.24) is 0 Å². The van der Waals surface area contributed by atoms with E-state index in [1.165, 1.54) is 38.5 Å². The quantitative estimate of drug-likeness (QED) is 0.574. The van der Waals surface area contributed by atoms with Crippen LogP contribution in [0.2, 0.25) is 0 Å². The van der Waals surface area contributed by atoms with Crippen LogP contribution in [0.4, 0.5) is 0 Å². The van der Waals surface area contributed by atoms with E-state index in [0.717, 1.165) is 28.5 Å². The van der Waals surface area contributed by atoms with Crippen LogP contribution in [0.5, 0.6) is 0 Å². The first-order valence-corrected chi connectivity index (χ1v) is 8.06. The Bertz CT molecular complexity index is 186. The maximum atomic E-state index is 3.90. The van der Waals surface area contributed by atoms with Crippen molar-refractivity contribution in [2.45, 2.75) is 71.0 Å². The van der Waals surface area contributed by atoms with Gasteiger partial charge in [0.1, 0.15) is 0 Å². The van der Waals surface area contributed by atoms with E-state index in [1.54, 1.807) is 0 Å². The summed E-state index contributed by atoms with van der Waals surface area (Å²) in [5.74, 6) is 3.68. The van der Waals surface area contributed by atoms with Crippen LogP contribution in [0.3, 0.4) is 0 Å².